The number of amides is 11. The van der Waals surface area contributed by atoms with E-state index in [1.54, 1.807) is 61.5 Å². The maximum atomic E-state index is 15.5. The Labute approximate surface area is 573 Å². The van der Waals surface area contributed by atoms with Gasteiger partial charge < -0.3 is 70.3 Å². The molecule has 544 valence electrons. The van der Waals surface area contributed by atoms with Gasteiger partial charge in [-0.25, -0.2) is 0 Å². The van der Waals surface area contributed by atoms with Gasteiger partial charge in [-0.2, -0.15) is 0 Å². The van der Waals surface area contributed by atoms with Crippen molar-refractivity contribution in [1.29, 1.82) is 0 Å². The number of likely N-dealkylation sites (tertiary alicyclic amines) is 1. The third-order valence-corrected chi connectivity index (χ3v) is 19.9. The number of thioether (sulfide) groups is 1. The number of rotatable bonds is 20. The van der Waals surface area contributed by atoms with Crippen LogP contribution < -0.4 is 21.3 Å². The minimum atomic E-state index is -1.64. The molecule has 95 heavy (non-hydrogen) atoms. The number of aliphatic hydroxyl groups excluding tert-OH is 1. The lowest BCUT2D eigenvalue weighted by Crippen LogP contribution is -2.64. The van der Waals surface area contributed by atoms with Gasteiger partial charge in [0.2, 0.25) is 59.1 Å². The fourth-order valence-corrected chi connectivity index (χ4v) is 13.5. The van der Waals surface area contributed by atoms with Gasteiger partial charge in [-0.05, 0) is 128 Å². The Morgan fingerprint density at radius 1 is 0.537 bits per heavy atom. The lowest BCUT2D eigenvalue weighted by Gasteiger charge is -2.41. The van der Waals surface area contributed by atoms with E-state index >= 15 is 33.6 Å². The zero-order valence-electron chi connectivity index (χ0n) is 62.4. The van der Waals surface area contributed by atoms with Crippen molar-refractivity contribution in [3.05, 3.63) is 12.2 Å². The summed E-state index contributed by atoms with van der Waals surface area (Å²) in [5.41, 5.74) is -1.04. The van der Waals surface area contributed by atoms with E-state index < -0.39 is 160 Å². The normalized spacial score (nSPS) is 27.3. The number of carbonyl (C=O) groups excluding carboxylic acids is 11. The van der Waals surface area contributed by atoms with Gasteiger partial charge in [0.15, 0.2) is 5.37 Å². The first-order valence-corrected chi connectivity index (χ1v) is 35.4. The molecule has 0 aromatic heterocycles. The van der Waals surface area contributed by atoms with Gasteiger partial charge in [0.25, 0.3) is 5.91 Å². The van der Waals surface area contributed by atoms with E-state index in [1.807, 2.05) is 54.5 Å². The van der Waals surface area contributed by atoms with E-state index in [2.05, 4.69) is 26.2 Å². The first-order chi connectivity index (χ1) is 44.0. The van der Waals surface area contributed by atoms with Crippen LogP contribution in [-0.2, 0) is 57.5 Å². The molecule has 0 unspecified atom stereocenters. The van der Waals surface area contributed by atoms with Gasteiger partial charge in [0.1, 0.15) is 60.4 Å². The monoisotopic (exact) mass is 1360 g/mol. The van der Waals surface area contributed by atoms with Crippen LogP contribution in [0, 0.1) is 35.5 Å². The second-order valence-corrected chi connectivity index (χ2v) is 30.3. The fourth-order valence-electron chi connectivity index (χ4n) is 12.3. The molecule has 0 aromatic carbocycles. The number of hydrogen-bond acceptors (Lipinski definition) is 15. The molecule has 0 spiro atoms. The number of aliphatic hydroxyl groups is 1. The molecule has 0 radical (unpaired) electrons. The Kier molecular flexibility index (Phi) is 34.9. The lowest BCUT2D eigenvalue weighted by atomic mass is 9.91. The van der Waals surface area contributed by atoms with Gasteiger partial charge in [-0.15, -0.1) is 11.8 Å². The predicted molar refractivity (Wildman–Crippen MR) is 372 cm³/mol. The lowest BCUT2D eigenvalue weighted by molar-refractivity contribution is -0.157. The number of ether oxygens (including phenoxy) is 1. The van der Waals surface area contributed by atoms with Crippen LogP contribution in [0.4, 0.5) is 0 Å². The van der Waals surface area contributed by atoms with Gasteiger partial charge in [-0.1, -0.05) is 95.2 Å². The van der Waals surface area contributed by atoms with E-state index in [9.17, 15) is 24.3 Å². The third kappa shape index (κ3) is 24.0. The molecule has 0 aromatic rings. The minimum absolute atomic E-state index is 0.00506. The average Bonchev–Trinajstić information content (AvgIpc) is 1.24. The molecule has 26 heteroatoms. The zero-order chi connectivity index (χ0) is 73.0. The van der Waals surface area contributed by atoms with Crippen LogP contribution in [0.3, 0.4) is 0 Å². The van der Waals surface area contributed by atoms with E-state index in [4.69, 9.17) is 4.74 Å². The molecule has 2 aliphatic heterocycles. The Morgan fingerprint density at radius 2 is 1.00 bits per heavy atom. The van der Waals surface area contributed by atoms with Crippen molar-refractivity contribution in [2.75, 3.05) is 81.8 Å². The molecule has 0 saturated carbocycles. The highest BCUT2D eigenvalue weighted by molar-refractivity contribution is 8.00. The molecule has 2 fully saturated rings. The highest BCUT2D eigenvalue weighted by Gasteiger charge is 2.47. The summed E-state index contributed by atoms with van der Waals surface area (Å²) >= 11 is 1.19. The SMILES string of the molecule is C/C=C/C[C@@H](C)[C@@H](O)[C@H]1C(=O)N[C@@H](CC)C(=O)N(C)[C@H](SCCN2CCCC2)C(=O)N(C)[C@@H](CC(C)(C)OC)C(=O)N[C@@H](C(C)C)C(=O)N(C)[C@@H](CC(C)C)C(=O)N[C@@H](C)C(=O)N[C@@H](C)C(=O)N(C)[C@@H](CC(C)C)C(=O)N(C)[C@@H](CC(C)C)C(=O)N(C)[C@@H](C(C)C)C(=O)N1C. The van der Waals surface area contributed by atoms with Crippen molar-refractivity contribution in [3.8, 4) is 0 Å². The fraction of sp³-hybridized carbons (Fsp3) is 0.812. The zero-order valence-corrected chi connectivity index (χ0v) is 63.2. The molecule has 5 N–H and O–H groups in total. The quantitative estimate of drug-likeness (QED) is 0.107. The number of methoxy groups -OCH3 is 1. The van der Waals surface area contributed by atoms with Gasteiger partial charge in [-0.3, -0.25) is 52.7 Å². The molecule has 2 aliphatic rings. The molecule has 0 aliphatic carbocycles. The van der Waals surface area contributed by atoms with Gasteiger partial charge >= 0.3 is 0 Å². The van der Waals surface area contributed by atoms with Crippen LogP contribution in [0.25, 0.3) is 0 Å². The standard InChI is InChI=1S/C69H124N12O13S/c1-26-28-31-45(13)56(82)55-60(86)72-48(27-2)62(88)80(24)68(95-35-34-81-32-29-30-33-81)67(93)77(21)52(39-69(16,17)94-25)59(85)73-53(43(9)10)65(91)74(18)49(36-40(3)4)58(84)70-46(14)57(83)71-47(15)61(87)75(19)50(37-41(5)6)63(89)76(20)51(38-42(7)8)64(90)78(22)54(44(11)12)66(92)79(55)23/h26,28,40-56,68,82H,27,29-39H2,1-25H3,(H,70,84)(H,71,83)(H,72,86)(H,73,85)/b28-26+/t45-,46+,47+,48+,49+,50+,51+,52+,53+,54+,55+,56-,68-/m1/s1. The number of carbonyl (C=O) groups is 11. The van der Waals surface area contributed by atoms with Crippen molar-refractivity contribution in [3.63, 3.8) is 0 Å². The molecule has 11 amide bonds. The summed E-state index contributed by atoms with van der Waals surface area (Å²) in [5, 5.41) is 22.2. The van der Waals surface area contributed by atoms with Crippen molar-refractivity contribution in [2.45, 2.75) is 247 Å². The Bertz CT molecular complexity index is 2620. The molecule has 0 bridgehead atoms. The van der Waals surface area contributed by atoms with E-state index in [0.717, 1.165) is 30.8 Å². The molecular formula is C69H124N12O13S. The van der Waals surface area contributed by atoms with E-state index in [-0.39, 0.29) is 49.9 Å². The Balaban J connectivity index is 3.14. The largest absolute Gasteiger partial charge is 0.390 e. The summed E-state index contributed by atoms with van der Waals surface area (Å²) in [5.74, 6) is -9.49. The molecular weight excluding hydrogens is 1240 g/mol. The highest BCUT2D eigenvalue weighted by Crippen LogP contribution is 2.28. The van der Waals surface area contributed by atoms with E-state index in [1.165, 1.54) is 111 Å². The second kappa shape index (κ2) is 38.9. The van der Waals surface area contributed by atoms with Crippen LogP contribution in [0.5, 0.6) is 0 Å². The van der Waals surface area contributed by atoms with Crippen LogP contribution >= 0.6 is 11.8 Å². The summed E-state index contributed by atoms with van der Waals surface area (Å²) in [7, 11) is 11.5. The van der Waals surface area contributed by atoms with E-state index in [0.29, 0.717) is 18.7 Å². The van der Waals surface area contributed by atoms with Gasteiger partial charge in [0.05, 0.1) is 11.7 Å². The molecule has 2 saturated heterocycles. The van der Waals surface area contributed by atoms with Crippen LogP contribution in [0.2, 0.25) is 0 Å². The van der Waals surface area contributed by atoms with Crippen LogP contribution in [-0.4, -0.2) is 269 Å². The summed E-state index contributed by atoms with van der Waals surface area (Å²) in [6, 6.07) is -12.8. The van der Waals surface area contributed by atoms with Crippen molar-refractivity contribution >= 4 is 76.7 Å². The molecule has 13 atom stereocenters. The molecule has 25 nitrogen and oxygen atoms in total. The first kappa shape index (κ1) is 85.2. The second-order valence-electron chi connectivity index (χ2n) is 29.1. The Morgan fingerprint density at radius 3 is 1.48 bits per heavy atom. The molecule has 2 rings (SSSR count). The maximum absolute atomic E-state index is 15.5. The summed E-state index contributed by atoms with van der Waals surface area (Å²) in [6.45, 7) is 32.0. The smallest absolute Gasteiger partial charge is 0.256 e. The summed E-state index contributed by atoms with van der Waals surface area (Å²) < 4.78 is 5.85. The number of hydrogen-bond donors (Lipinski definition) is 5. The van der Waals surface area contributed by atoms with Crippen molar-refractivity contribution in [1.82, 2.24) is 60.5 Å². The van der Waals surface area contributed by atoms with Gasteiger partial charge in [0, 0.05) is 75.2 Å². The third-order valence-electron chi connectivity index (χ3n) is 18.6. The number of allylic oxidation sites excluding steroid dienone is 2. The average molecular weight is 1360 g/mol. The van der Waals surface area contributed by atoms with Crippen molar-refractivity contribution in [2.24, 2.45) is 35.5 Å². The highest BCUT2D eigenvalue weighted by atomic mass is 32.2. The van der Waals surface area contributed by atoms with Crippen LogP contribution in [0.15, 0.2) is 12.2 Å². The Hall–Kier alpha value is -5.86. The number of likely N-dealkylation sites (N-methyl/N-ethyl adjacent to an activating group) is 7. The maximum Gasteiger partial charge on any atom is 0.256 e. The predicted octanol–water partition coefficient (Wildman–Crippen LogP) is 4.19. The minimum Gasteiger partial charge on any atom is -0.390 e. The summed E-state index contributed by atoms with van der Waals surface area (Å²) in [6.07, 6.45) is 4.73. The van der Waals surface area contributed by atoms with Crippen LogP contribution in [0.1, 0.15) is 169 Å². The number of nitrogens with one attached hydrogen (secondary N) is 4. The number of nitrogens with zero attached hydrogens (tertiary/aromatic N) is 8. The first-order valence-electron chi connectivity index (χ1n) is 34.3. The van der Waals surface area contributed by atoms with Crippen molar-refractivity contribution < 1.29 is 62.6 Å². The molecule has 2 heterocycles. The topological polar surface area (TPSA) is 291 Å². The summed E-state index contributed by atoms with van der Waals surface area (Å²) in [4.78, 5) is 176.